The normalized spacial score (nSPS) is 23.1. The summed E-state index contributed by atoms with van der Waals surface area (Å²) in [5, 5.41) is 22.6. The number of aryl methyl sites for hydroxylation is 1. The van der Waals surface area contributed by atoms with E-state index in [1.165, 1.54) is 5.56 Å². The second-order valence-corrected chi connectivity index (χ2v) is 19.1. The van der Waals surface area contributed by atoms with Crippen molar-refractivity contribution in [3.63, 3.8) is 0 Å². The van der Waals surface area contributed by atoms with Gasteiger partial charge in [-0.15, -0.1) is 10.2 Å². The van der Waals surface area contributed by atoms with E-state index in [0.29, 0.717) is 48.4 Å². The molecule has 2 unspecified atom stereocenters. The highest BCUT2D eigenvalue weighted by molar-refractivity contribution is 6.06. The van der Waals surface area contributed by atoms with Crippen molar-refractivity contribution in [3.8, 4) is 17.0 Å². The minimum atomic E-state index is -0.561. The zero-order valence-electron chi connectivity index (χ0n) is 37.6. The molecule has 16 heteroatoms. The molecule has 0 saturated carbocycles. The maximum atomic E-state index is 15.6. The number of amides is 3. The fraction of sp³-hybridized carbons (Fsp3) is 0.480. The Hall–Kier alpha value is -5.97. The number of nitrogens with zero attached hydrogens (tertiary/aromatic N) is 8. The first kappa shape index (κ1) is 42.7. The van der Waals surface area contributed by atoms with Gasteiger partial charge < -0.3 is 44.5 Å². The Morgan fingerprint density at radius 3 is 2.30 bits per heavy atom. The van der Waals surface area contributed by atoms with Crippen LogP contribution in [0.15, 0.2) is 72.9 Å². The Bertz CT molecular complexity index is 2620. The van der Waals surface area contributed by atoms with Crippen LogP contribution in [0.5, 0.6) is 5.75 Å². The van der Waals surface area contributed by atoms with Gasteiger partial charge in [0, 0.05) is 118 Å². The number of hydrogen-bond donors (Lipinski definition) is 3. The molecule has 2 atom stereocenters. The summed E-state index contributed by atoms with van der Waals surface area (Å²) in [5.74, 6) is 0.108. The molecule has 0 radical (unpaired) electrons. The number of fused-ring (bicyclic) bond motifs is 3. The molecule has 11 rings (SSSR count). The Morgan fingerprint density at radius 2 is 1.58 bits per heavy atom. The number of benzene rings is 3. The van der Waals surface area contributed by atoms with Crippen molar-refractivity contribution in [3.05, 3.63) is 84.3 Å². The lowest BCUT2D eigenvalue weighted by molar-refractivity contribution is -0.295. The lowest BCUT2D eigenvalue weighted by Crippen LogP contribution is -2.54. The number of phenolic OH excluding ortho intramolecular Hbond substituents is 1. The molecule has 8 heterocycles. The predicted molar refractivity (Wildman–Crippen MR) is 253 cm³/mol. The third kappa shape index (κ3) is 7.96. The fourth-order valence-electron chi connectivity index (χ4n) is 11.6. The van der Waals surface area contributed by atoms with E-state index < -0.39 is 5.79 Å². The van der Waals surface area contributed by atoms with E-state index in [1.807, 2.05) is 30.3 Å². The van der Waals surface area contributed by atoms with Gasteiger partial charge in [0.25, 0.3) is 0 Å². The number of halogens is 1. The SMILES string of the molecule is CCc1cn(C2COC3(CCN(CC4CCN(c5cc(N6C7CCC6CN(c6cc(-c8ccccc8O)nnc6N)C7)ccc5F)CC4)CC3)OC2)c2ccc(N3CCC(=O)NC3=O)cc12. The fourth-order valence-corrected chi connectivity index (χ4v) is 11.6. The van der Waals surface area contributed by atoms with E-state index in [-0.39, 0.29) is 48.1 Å². The van der Waals surface area contributed by atoms with E-state index >= 15 is 4.39 Å². The van der Waals surface area contributed by atoms with Crippen LogP contribution in [0.3, 0.4) is 0 Å². The van der Waals surface area contributed by atoms with Crippen molar-refractivity contribution < 1.29 is 28.6 Å². The van der Waals surface area contributed by atoms with E-state index in [1.54, 1.807) is 23.1 Å². The molecule has 5 aromatic rings. The number of ether oxygens (including phenoxy) is 2. The van der Waals surface area contributed by atoms with Gasteiger partial charge in [-0.25, -0.2) is 9.18 Å². The number of piperidine rings is 2. The number of nitrogen functional groups attached to an aromatic ring is 1. The molecule has 346 valence electrons. The summed E-state index contributed by atoms with van der Waals surface area (Å²) in [4.78, 5) is 35.5. The number of piperazine rings is 1. The van der Waals surface area contributed by atoms with Gasteiger partial charge in [-0.2, -0.15) is 0 Å². The lowest BCUT2D eigenvalue weighted by atomic mass is 9.94. The molecule has 1 spiro atoms. The number of phenols is 1. The highest BCUT2D eigenvalue weighted by Crippen LogP contribution is 2.42. The first-order valence-corrected chi connectivity index (χ1v) is 23.9. The molecule has 3 amide bonds. The molecular weight excluding hydrogens is 840 g/mol. The number of nitrogens with one attached hydrogen (secondary N) is 1. The third-order valence-corrected chi connectivity index (χ3v) is 15.2. The van der Waals surface area contributed by atoms with Crippen molar-refractivity contribution in [2.75, 3.05) is 90.9 Å². The maximum Gasteiger partial charge on any atom is 0.328 e. The minimum absolute atomic E-state index is 0.0382. The van der Waals surface area contributed by atoms with E-state index in [2.05, 4.69) is 71.0 Å². The molecule has 6 aliphatic rings. The number of aromatic nitrogens is 3. The first-order chi connectivity index (χ1) is 32.1. The van der Waals surface area contributed by atoms with Gasteiger partial charge >= 0.3 is 6.03 Å². The van der Waals surface area contributed by atoms with Crippen LogP contribution in [0.1, 0.15) is 63.5 Å². The van der Waals surface area contributed by atoms with Gasteiger partial charge in [0.1, 0.15) is 11.6 Å². The number of carbonyl (C=O) groups is 2. The highest BCUT2D eigenvalue weighted by Gasteiger charge is 2.43. The van der Waals surface area contributed by atoms with Gasteiger partial charge in [0.2, 0.25) is 5.91 Å². The van der Waals surface area contributed by atoms with Crippen LogP contribution in [-0.2, 0) is 20.7 Å². The summed E-state index contributed by atoms with van der Waals surface area (Å²) in [6.07, 6.45) is 9.12. The summed E-state index contributed by atoms with van der Waals surface area (Å²) in [6, 6.07) is 21.0. The summed E-state index contributed by atoms with van der Waals surface area (Å²) in [5.41, 5.74) is 13.3. The van der Waals surface area contributed by atoms with Crippen LogP contribution < -0.4 is 30.7 Å². The standard InChI is InChI=1S/C50H59FN10O5/c1-2-33-27-60(43-12-10-34(23-40(33)43)59-20-15-47(63)53-49(59)64)38-30-65-50(66-31-38)16-21-56(22-17-50)26-32-13-18-57(19-14-32)44-24-35(9-11-41(44)51)61-36-7-8-37(61)29-58(28-36)45-25-42(54-55-48(45)52)39-5-3-4-6-46(39)62/h3-6,9-12,23-25,27,32,36-38,62H,2,7-8,13-22,26,28-31H2,1H3,(H2,52,55)(H,53,63,64). The van der Waals surface area contributed by atoms with Crippen molar-refractivity contribution >= 4 is 51.4 Å². The molecule has 6 saturated heterocycles. The Morgan fingerprint density at radius 1 is 0.833 bits per heavy atom. The van der Waals surface area contributed by atoms with Gasteiger partial charge in [0.15, 0.2) is 11.6 Å². The summed E-state index contributed by atoms with van der Waals surface area (Å²) < 4.78 is 31.2. The topological polar surface area (TPSA) is 158 Å². The second kappa shape index (κ2) is 17.4. The summed E-state index contributed by atoms with van der Waals surface area (Å²) in [6.45, 7) is 9.71. The van der Waals surface area contributed by atoms with Crippen LogP contribution in [0.25, 0.3) is 22.2 Å². The number of urea groups is 1. The molecule has 2 bridgehead atoms. The van der Waals surface area contributed by atoms with Gasteiger partial charge in [-0.1, -0.05) is 19.1 Å². The number of aromatic hydroxyl groups is 1. The molecule has 2 aromatic heterocycles. The third-order valence-electron chi connectivity index (χ3n) is 15.2. The molecule has 6 aliphatic heterocycles. The zero-order valence-corrected chi connectivity index (χ0v) is 37.6. The molecular formula is C50H59FN10O5. The smallest absolute Gasteiger partial charge is 0.328 e. The lowest BCUT2D eigenvalue weighted by Gasteiger charge is -2.46. The molecule has 66 heavy (non-hydrogen) atoms. The predicted octanol–water partition coefficient (Wildman–Crippen LogP) is 6.69. The van der Waals surface area contributed by atoms with Crippen molar-refractivity contribution in [2.24, 2.45) is 5.92 Å². The van der Waals surface area contributed by atoms with E-state index in [4.69, 9.17) is 15.2 Å². The van der Waals surface area contributed by atoms with Crippen molar-refractivity contribution in [1.29, 1.82) is 0 Å². The minimum Gasteiger partial charge on any atom is -0.507 e. The van der Waals surface area contributed by atoms with Crippen molar-refractivity contribution in [2.45, 2.75) is 82.2 Å². The molecule has 0 aliphatic carbocycles. The van der Waals surface area contributed by atoms with Crippen molar-refractivity contribution in [1.82, 2.24) is 25.0 Å². The quantitative estimate of drug-likeness (QED) is 0.144. The number of para-hydroxylation sites is 1. The number of rotatable bonds is 9. The monoisotopic (exact) mass is 898 g/mol. The number of nitrogens with two attached hydrogens (primary N) is 1. The summed E-state index contributed by atoms with van der Waals surface area (Å²) in [7, 11) is 0. The molecule has 6 fully saturated rings. The van der Waals surface area contributed by atoms with Gasteiger partial charge in [-0.05, 0) is 98.2 Å². The number of anilines is 5. The van der Waals surface area contributed by atoms with E-state index in [9.17, 15) is 14.7 Å². The molecule has 4 N–H and O–H groups in total. The number of imide groups is 1. The maximum absolute atomic E-state index is 15.6. The second-order valence-electron chi connectivity index (χ2n) is 19.1. The van der Waals surface area contributed by atoms with Gasteiger partial charge in [0.05, 0.1) is 36.3 Å². The highest BCUT2D eigenvalue weighted by atomic mass is 19.1. The number of hydrogen-bond acceptors (Lipinski definition) is 12. The zero-order chi connectivity index (χ0) is 45.1. The van der Waals surface area contributed by atoms with E-state index in [0.717, 1.165) is 119 Å². The average Bonchev–Trinajstić information content (AvgIpc) is 3.83. The Kier molecular flexibility index (Phi) is 11.2. The molecule has 15 nitrogen and oxygen atoms in total. The average molecular weight is 899 g/mol. The molecule has 3 aromatic carbocycles. The first-order valence-electron chi connectivity index (χ1n) is 23.9. The van der Waals surface area contributed by atoms with Crippen LogP contribution in [0.4, 0.5) is 37.8 Å². The van der Waals surface area contributed by atoms with Crippen LogP contribution in [-0.4, -0.2) is 120 Å². The number of likely N-dealkylation sites (tertiary alicyclic amines) is 1. The van der Waals surface area contributed by atoms with Crippen LogP contribution >= 0.6 is 0 Å². The Labute approximate surface area is 384 Å². The Balaban J connectivity index is 0.671. The van der Waals surface area contributed by atoms with Gasteiger partial charge in [-0.3, -0.25) is 15.0 Å². The van der Waals surface area contributed by atoms with Crippen LogP contribution in [0.2, 0.25) is 0 Å². The number of carbonyl (C=O) groups excluding carboxylic acids is 2. The largest absolute Gasteiger partial charge is 0.507 e. The van der Waals surface area contributed by atoms with Crippen LogP contribution in [0, 0.1) is 11.7 Å². The summed E-state index contributed by atoms with van der Waals surface area (Å²) >= 11 is 0.